The highest BCUT2D eigenvalue weighted by atomic mass is 35.5. The van der Waals surface area contributed by atoms with Crippen molar-refractivity contribution in [3.05, 3.63) is 34.9 Å². The normalized spacial score (nSPS) is 25.2. The number of hydrogen-bond donors (Lipinski definition) is 0. The number of carbonyl (C=O) groups is 1. The fraction of sp³-hybridized carbons (Fsp3) is 0.632. The molecule has 0 aromatic heterocycles. The number of halogens is 1. The summed E-state index contributed by atoms with van der Waals surface area (Å²) >= 11 is 5.93. The maximum absolute atomic E-state index is 11.0. The Bertz CT molecular complexity index is 430. The van der Waals surface area contributed by atoms with Crippen LogP contribution in [-0.2, 0) is 16.0 Å². The van der Waals surface area contributed by atoms with Gasteiger partial charge in [0, 0.05) is 12.1 Å². The molecule has 1 saturated carbocycles. The first-order chi connectivity index (χ1) is 10.6. The second-order valence-electron chi connectivity index (χ2n) is 5.96. The van der Waals surface area contributed by atoms with Gasteiger partial charge in [0.05, 0.1) is 0 Å². The van der Waals surface area contributed by atoms with E-state index in [1.165, 1.54) is 18.4 Å². The average Bonchev–Trinajstić information content (AvgIpc) is 2.89. The van der Waals surface area contributed by atoms with Gasteiger partial charge < -0.3 is 9.53 Å². The van der Waals surface area contributed by atoms with Crippen LogP contribution in [0, 0.1) is 17.8 Å². The lowest BCUT2D eigenvalue weighted by molar-refractivity contribution is -0.117. The van der Waals surface area contributed by atoms with Crippen molar-refractivity contribution in [1.82, 2.24) is 0 Å². The lowest BCUT2D eigenvalue weighted by atomic mass is 9.82. The molecule has 1 fully saturated rings. The average molecular weight is 325 g/mol. The Morgan fingerprint density at radius 3 is 2.45 bits per heavy atom. The van der Waals surface area contributed by atoms with E-state index >= 15 is 0 Å². The van der Waals surface area contributed by atoms with Gasteiger partial charge in [0.15, 0.2) is 0 Å². The number of hydrogen-bond acceptors (Lipinski definition) is 2. The minimum atomic E-state index is -0.256. The summed E-state index contributed by atoms with van der Waals surface area (Å²) in [5, 5.41) is 0.783. The molecule has 2 nitrogen and oxygen atoms in total. The van der Waals surface area contributed by atoms with Crippen LogP contribution in [0.25, 0.3) is 0 Å². The van der Waals surface area contributed by atoms with Crippen molar-refractivity contribution in [2.75, 3.05) is 7.11 Å². The van der Waals surface area contributed by atoms with Gasteiger partial charge >= 0.3 is 0 Å². The van der Waals surface area contributed by atoms with Crippen molar-refractivity contribution < 1.29 is 9.53 Å². The number of methoxy groups -OCH3 is 1. The largest absolute Gasteiger partial charge is 0.374 e. The van der Waals surface area contributed by atoms with Crippen LogP contribution < -0.4 is 0 Å². The van der Waals surface area contributed by atoms with E-state index in [9.17, 15) is 4.79 Å². The fourth-order valence-corrected chi connectivity index (χ4v) is 3.57. The van der Waals surface area contributed by atoms with Crippen molar-refractivity contribution in [1.29, 1.82) is 0 Å². The lowest BCUT2D eigenvalue weighted by Gasteiger charge is -2.25. The summed E-state index contributed by atoms with van der Waals surface area (Å²) in [7, 11) is 1.62. The van der Waals surface area contributed by atoms with E-state index in [2.05, 4.69) is 19.1 Å². The zero-order valence-electron chi connectivity index (χ0n) is 14.2. The first kappa shape index (κ1) is 19.2. The maximum atomic E-state index is 11.0. The highest BCUT2D eigenvalue weighted by Crippen LogP contribution is 2.41. The second kappa shape index (κ2) is 10.0. The molecule has 0 bridgehead atoms. The Morgan fingerprint density at radius 1 is 1.27 bits per heavy atom. The first-order valence-corrected chi connectivity index (χ1v) is 8.74. The Hall–Kier alpha value is -0.860. The lowest BCUT2D eigenvalue weighted by Crippen LogP contribution is -2.24. The number of ether oxygens (including phenoxy) is 1. The van der Waals surface area contributed by atoms with Crippen LogP contribution in [0.3, 0.4) is 0 Å². The van der Waals surface area contributed by atoms with Crippen LogP contribution in [0.5, 0.6) is 0 Å². The van der Waals surface area contributed by atoms with E-state index in [0.29, 0.717) is 17.8 Å². The summed E-state index contributed by atoms with van der Waals surface area (Å²) in [5.41, 5.74) is 1.33. The van der Waals surface area contributed by atoms with Crippen molar-refractivity contribution in [3.63, 3.8) is 0 Å². The zero-order valence-corrected chi connectivity index (χ0v) is 15.0. The molecule has 0 amide bonds. The summed E-state index contributed by atoms with van der Waals surface area (Å²) in [6, 6.07) is 8.12. The van der Waals surface area contributed by atoms with Gasteiger partial charge in [-0.15, -0.1) is 0 Å². The monoisotopic (exact) mass is 324 g/mol. The molecule has 3 unspecified atom stereocenters. The summed E-state index contributed by atoms with van der Waals surface area (Å²) in [4.78, 5) is 11.0. The van der Waals surface area contributed by atoms with Crippen LogP contribution in [0.2, 0.25) is 5.02 Å². The van der Waals surface area contributed by atoms with Gasteiger partial charge in [0.2, 0.25) is 0 Å². The van der Waals surface area contributed by atoms with E-state index in [-0.39, 0.29) is 6.10 Å². The van der Waals surface area contributed by atoms with E-state index in [0.717, 1.165) is 24.2 Å². The summed E-state index contributed by atoms with van der Waals surface area (Å²) in [6.07, 6.45) is 5.08. The van der Waals surface area contributed by atoms with Crippen LogP contribution in [0.15, 0.2) is 24.3 Å². The van der Waals surface area contributed by atoms with Gasteiger partial charge in [-0.05, 0) is 54.7 Å². The highest BCUT2D eigenvalue weighted by Gasteiger charge is 2.34. The topological polar surface area (TPSA) is 26.3 Å². The summed E-state index contributed by atoms with van der Waals surface area (Å²) in [6.45, 7) is 6.30. The SMILES string of the molecule is CC.CO[C@@H](C=O)CC1C(C)CCC1Cc1ccc(Cl)cc1. The number of carbonyl (C=O) groups excluding carboxylic acids is 1. The summed E-state index contributed by atoms with van der Waals surface area (Å²) < 4.78 is 5.24. The van der Waals surface area contributed by atoms with Crippen molar-refractivity contribution in [3.8, 4) is 0 Å². The van der Waals surface area contributed by atoms with Crippen molar-refractivity contribution >= 4 is 17.9 Å². The number of aldehydes is 1. The van der Waals surface area contributed by atoms with Crippen molar-refractivity contribution in [2.24, 2.45) is 17.8 Å². The molecule has 0 radical (unpaired) electrons. The molecule has 1 aliphatic carbocycles. The third kappa shape index (κ3) is 5.40. The predicted octanol–water partition coefficient (Wildman–Crippen LogP) is 5.18. The number of benzene rings is 1. The third-order valence-electron chi connectivity index (χ3n) is 4.70. The summed E-state index contributed by atoms with van der Waals surface area (Å²) in [5.74, 6) is 1.88. The van der Waals surface area contributed by atoms with Crippen molar-refractivity contribution in [2.45, 2.75) is 52.6 Å². The quantitative estimate of drug-likeness (QED) is 0.674. The van der Waals surface area contributed by atoms with Gasteiger partial charge in [-0.2, -0.15) is 0 Å². The maximum Gasteiger partial charge on any atom is 0.148 e. The molecule has 124 valence electrons. The van der Waals surface area contributed by atoms with Crippen LogP contribution >= 0.6 is 11.6 Å². The molecule has 0 spiro atoms. The Balaban J connectivity index is 0.00000116. The third-order valence-corrected chi connectivity index (χ3v) is 4.95. The minimum absolute atomic E-state index is 0.256. The molecule has 0 N–H and O–H groups in total. The second-order valence-corrected chi connectivity index (χ2v) is 6.39. The Kier molecular flexibility index (Phi) is 8.74. The molecule has 0 saturated heterocycles. The highest BCUT2D eigenvalue weighted by molar-refractivity contribution is 6.30. The number of rotatable bonds is 6. The minimum Gasteiger partial charge on any atom is -0.374 e. The zero-order chi connectivity index (χ0) is 16.5. The van der Waals surface area contributed by atoms with E-state index in [1.54, 1.807) is 7.11 Å². The molecule has 4 atom stereocenters. The van der Waals surface area contributed by atoms with Crippen LogP contribution in [0.4, 0.5) is 0 Å². The van der Waals surface area contributed by atoms with E-state index < -0.39 is 0 Å². The van der Waals surface area contributed by atoms with E-state index in [4.69, 9.17) is 16.3 Å². The molecular weight excluding hydrogens is 296 g/mol. The molecule has 0 heterocycles. The Morgan fingerprint density at radius 2 is 1.91 bits per heavy atom. The first-order valence-electron chi connectivity index (χ1n) is 8.36. The fourth-order valence-electron chi connectivity index (χ4n) is 3.45. The van der Waals surface area contributed by atoms with E-state index in [1.807, 2.05) is 26.0 Å². The van der Waals surface area contributed by atoms with Crippen LogP contribution in [0.1, 0.15) is 45.6 Å². The van der Waals surface area contributed by atoms with Gasteiger partial charge in [-0.1, -0.05) is 50.9 Å². The molecule has 1 aromatic carbocycles. The smallest absolute Gasteiger partial charge is 0.148 e. The Labute approximate surface area is 140 Å². The van der Waals surface area contributed by atoms with Gasteiger partial charge in [0.25, 0.3) is 0 Å². The molecule has 0 aliphatic heterocycles. The molecule has 1 aromatic rings. The standard InChI is InChI=1S/C17H23ClO2.C2H6/c1-12-3-6-14(17(12)10-16(11-19)20-2)9-13-4-7-15(18)8-5-13;1-2/h4-5,7-8,11-12,14,16-17H,3,6,9-10H2,1-2H3;1-2H3/t12?,14?,16-,17?;/m1./s1. The predicted molar refractivity (Wildman–Crippen MR) is 93.4 cm³/mol. The molecule has 1 aliphatic rings. The molecule has 3 heteroatoms. The molecule has 2 rings (SSSR count). The van der Waals surface area contributed by atoms with Gasteiger partial charge in [0.1, 0.15) is 12.4 Å². The molecular formula is C19H29ClO2. The van der Waals surface area contributed by atoms with Gasteiger partial charge in [-0.25, -0.2) is 0 Å². The molecule has 22 heavy (non-hydrogen) atoms. The van der Waals surface area contributed by atoms with Gasteiger partial charge in [-0.3, -0.25) is 0 Å². The van der Waals surface area contributed by atoms with Crippen LogP contribution in [-0.4, -0.2) is 19.5 Å².